The normalized spacial score (nSPS) is 20.7. The van der Waals surface area contributed by atoms with Crippen molar-refractivity contribution in [3.8, 4) is 0 Å². The third kappa shape index (κ3) is 3.12. The fourth-order valence-corrected chi connectivity index (χ4v) is 2.29. The van der Waals surface area contributed by atoms with Crippen molar-refractivity contribution in [2.24, 2.45) is 30.9 Å². The van der Waals surface area contributed by atoms with Gasteiger partial charge < -0.3 is 5.73 Å². The smallest absolute Gasteiger partial charge is 0.294 e. The molecule has 0 aliphatic carbocycles. The third-order valence-electron chi connectivity index (χ3n) is 2.83. The summed E-state index contributed by atoms with van der Waals surface area (Å²) < 4.78 is 30.7. The van der Waals surface area contributed by atoms with Gasteiger partial charge in [0.05, 0.1) is 10.6 Å². The summed E-state index contributed by atoms with van der Waals surface area (Å²) >= 11 is 0. The number of amides is 1. The van der Waals surface area contributed by atoms with Gasteiger partial charge >= 0.3 is 0 Å². The average molecular weight is 335 g/mol. The topological polar surface area (TPSA) is 171 Å². The van der Waals surface area contributed by atoms with E-state index in [0.29, 0.717) is 5.69 Å². The molecule has 0 aromatic heterocycles. The van der Waals surface area contributed by atoms with Crippen LogP contribution in [0.2, 0.25) is 0 Å². The lowest BCUT2D eigenvalue weighted by Crippen LogP contribution is -2.49. The molecule has 0 bridgehead atoms. The van der Waals surface area contributed by atoms with Crippen molar-refractivity contribution >= 4 is 39.5 Å². The number of fused-ring (bicyclic) bond motifs is 1. The number of hydrogen-bond acceptors (Lipinski definition) is 9. The van der Waals surface area contributed by atoms with Crippen LogP contribution in [0.25, 0.3) is 0 Å². The molecule has 0 saturated heterocycles. The summed E-state index contributed by atoms with van der Waals surface area (Å²) in [6.07, 6.45) is 0. The highest BCUT2D eigenvalue weighted by molar-refractivity contribution is 7.85. The minimum Gasteiger partial charge on any atom is -0.369 e. The first-order valence-electron chi connectivity index (χ1n) is 6.13. The molecule has 0 spiro atoms. The zero-order chi connectivity index (χ0) is 16.6. The maximum atomic E-state index is 11.6. The first kappa shape index (κ1) is 14.9. The molecule has 1 unspecified atom stereocenters. The van der Waals surface area contributed by atoms with Crippen molar-refractivity contribution in [3.63, 3.8) is 0 Å². The van der Waals surface area contributed by atoms with E-state index < -0.39 is 22.1 Å². The maximum Gasteiger partial charge on any atom is 0.294 e. The lowest BCUT2D eigenvalue weighted by Gasteiger charge is -2.13. The molecule has 118 valence electrons. The molecular formula is C11H9N7O4S. The maximum absolute atomic E-state index is 11.6. The molecule has 1 amide bonds. The predicted molar refractivity (Wildman–Crippen MR) is 79.2 cm³/mol. The largest absolute Gasteiger partial charge is 0.369 e. The van der Waals surface area contributed by atoms with E-state index in [1.807, 2.05) is 0 Å². The number of carbonyl (C=O) groups excluding carboxylic acids is 1. The predicted octanol–water partition coefficient (Wildman–Crippen LogP) is -0.402. The van der Waals surface area contributed by atoms with Crippen LogP contribution in [0.3, 0.4) is 0 Å². The zero-order valence-electron chi connectivity index (χ0n) is 11.3. The van der Waals surface area contributed by atoms with E-state index in [9.17, 15) is 13.2 Å². The minimum atomic E-state index is -4.26. The number of nitrogens with zero attached hydrogens (tertiary/aromatic N) is 5. The highest BCUT2D eigenvalue weighted by atomic mass is 32.2. The number of nitrogens with one attached hydrogen (secondary N) is 1. The Bertz CT molecular complexity index is 899. The van der Waals surface area contributed by atoms with Gasteiger partial charge in [-0.2, -0.15) is 18.4 Å². The van der Waals surface area contributed by atoms with Crippen LogP contribution in [0.1, 0.15) is 0 Å². The Kier molecular flexibility index (Phi) is 3.46. The van der Waals surface area contributed by atoms with Crippen LogP contribution >= 0.6 is 0 Å². The van der Waals surface area contributed by atoms with Gasteiger partial charge in [-0.05, 0) is 24.3 Å². The minimum absolute atomic E-state index is 0.0579. The highest BCUT2D eigenvalue weighted by Gasteiger charge is 2.33. The molecule has 12 heteroatoms. The number of nitrogens with two attached hydrogens (primary N) is 1. The Morgan fingerprint density at radius 3 is 2.52 bits per heavy atom. The van der Waals surface area contributed by atoms with Crippen LogP contribution in [-0.4, -0.2) is 42.7 Å². The number of hydrogen-bond donors (Lipinski definition) is 3. The van der Waals surface area contributed by atoms with Gasteiger partial charge in [0.2, 0.25) is 5.96 Å². The molecule has 3 rings (SSSR count). The summed E-state index contributed by atoms with van der Waals surface area (Å²) in [5.74, 6) is -0.461. The molecule has 0 radical (unpaired) electrons. The van der Waals surface area contributed by atoms with Gasteiger partial charge in [-0.25, -0.2) is 4.99 Å². The fraction of sp³-hybridized carbons (Fsp3) is 0.0909. The monoisotopic (exact) mass is 335 g/mol. The number of benzene rings is 1. The number of azo groups is 1. The molecule has 0 saturated carbocycles. The van der Waals surface area contributed by atoms with E-state index in [4.69, 9.17) is 10.3 Å². The van der Waals surface area contributed by atoms with Gasteiger partial charge in [-0.3, -0.25) is 14.7 Å². The third-order valence-corrected chi connectivity index (χ3v) is 3.70. The summed E-state index contributed by atoms with van der Waals surface area (Å²) in [6.45, 7) is 0. The van der Waals surface area contributed by atoms with Crippen molar-refractivity contribution in [1.29, 1.82) is 0 Å². The van der Waals surface area contributed by atoms with Crippen LogP contribution < -0.4 is 11.1 Å². The second-order valence-electron chi connectivity index (χ2n) is 4.46. The summed E-state index contributed by atoms with van der Waals surface area (Å²) in [7, 11) is -4.26. The number of aliphatic imine (C=N–C) groups is 3. The number of carbonyl (C=O) groups is 1. The average Bonchev–Trinajstić information content (AvgIpc) is 2.88. The Labute approximate surface area is 129 Å². The van der Waals surface area contributed by atoms with E-state index in [2.05, 4.69) is 30.5 Å². The van der Waals surface area contributed by atoms with E-state index in [-0.39, 0.29) is 22.7 Å². The van der Waals surface area contributed by atoms with E-state index in [1.165, 1.54) is 24.3 Å². The summed E-state index contributed by atoms with van der Waals surface area (Å²) in [5.41, 5.74) is 5.71. The van der Waals surface area contributed by atoms with E-state index in [0.717, 1.165) is 0 Å². The molecule has 2 heterocycles. The first-order chi connectivity index (χ1) is 10.8. The van der Waals surface area contributed by atoms with Gasteiger partial charge in [0.1, 0.15) is 0 Å². The van der Waals surface area contributed by atoms with Crippen LogP contribution in [-0.2, 0) is 14.9 Å². The van der Waals surface area contributed by atoms with Crippen LogP contribution in [0.15, 0.2) is 54.4 Å². The van der Waals surface area contributed by atoms with Gasteiger partial charge in [-0.15, -0.1) is 10.2 Å². The number of amidine groups is 1. The quantitative estimate of drug-likeness (QED) is 0.492. The Hall–Kier alpha value is -2.99. The van der Waals surface area contributed by atoms with Gasteiger partial charge in [0, 0.05) is 0 Å². The Morgan fingerprint density at radius 1 is 1.17 bits per heavy atom. The molecule has 1 aromatic carbocycles. The van der Waals surface area contributed by atoms with Crippen LogP contribution in [0.4, 0.5) is 5.69 Å². The zero-order valence-corrected chi connectivity index (χ0v) is 12.1. The van der Waals surface area contributed by atoms with Crippen LogP contribution in [0, 0.1) is 0 Å². The first-order valence-corrected chi connectivity index (χ1v) is 7.58. The lowest BCUT2D eigenvalue weighted by atomic mass is 10.2. The van der Waals surface area contributed by atoms with Gasteiger partial charge in [0.25, 0.3) is 22.0 Å². The molecule has 2 aliphatic rings. The molecule has 1 atom stereocenters. The standard InChI is InChI=1S/C11H9N7O4S/c12-10-14-8-7(9(19)16-10)13-11(15-8)18-17-5-1-3-6(4-2-5)23(20,21)22/h1-4,7H,(H,20,21,22)(H3,12,13,14,15,16,19). The van der Waals surface area contributed by atoms with Crippen molar-refractivity contribution in [1.82, 2.24) is 5.32 Å². The van der Waals surface area contributed by atoms with E-state index >= 15 is 0 Å². The lowest BCUT2D eigenvalue weighted by molar-refractivity contribution is -0.119. The van der Waals surface area contributed by atoms with E-state index in [1.54, 1.807) is 0 Å². The number of guanidine groups is 2. The molecule has 23 heavy (non-hydrogen) atoms. The molecule has 4 N–H and O–H groups in total. The summed E-state index contributed by atoms with van der Waals surface area (Å²) in [5, 5.41) is 9.88. The van der Waals surface area contributed by atoms with Crippen molar-refractivity contribution in [2.75, 3.05) is 0 Å². The SMILES string of the molecule is NC1=NC2=NC(N=Nc3ccc(S(=O)(=O)O)cc3)=NC2C(=O)N1. The Morgan fingerprint density at radius 2 is 1.87 bits per heavy atom. The molecule has 0 fully saturated rings. The second-order valence-corrected chi connectivity index (χ2v) is 5.88. The van der Waals surface area contributed by atoms with Gasteiger partial charge in [-0.1, -0.05) is 0 Å². The molecule has 1 aromatic rings. The summed E-state index contributed by atoms with van der Waals surface area (Å²) in [4.78, 5) is 23.1. The second kappa shape index (κ2) is 5.33. The number of rotatable bonds is 2. The fourth-order valence-electron chi connectivity index (χ4n) is 1.81. The van der Waals surface area contributed by atoms with Gasteiger partial charge in [0.15, 0.2) is 11.9 Å². The van der Waals surface area contributed by atoms with Crippen molar-refractivity contribution in [3.05, 3.63) is 24.3 Å². The van der Waals surface area contributed by atoms with Crippen LogP contribution in [0.5, 0.6) is 0 Å². The summed E-state index contributed by atoms with van der Waals surface area (Å²) in [6, 6.07) is 4.11. The molecular weight excluding hydrogens is 326 g/mol. The Balaban J connectivity index is 1.79. The van der Waals surface area contributed by atoms with Crippen molar-refractivity contribution < 1.29 is 17.8 Å². The highest BCUT2D eigenvalue weighted by Crippen LogP contribution is 2.18. The molecule has 2 aliphatic heterocycles. The molecule has 11 nitrogen and oxygen atoms in total. The van der Waals surface area contributed by atoms with Crippen molar-refractivity contribution in [2.45, 2.75) is 10.9 Å².